The van der Waals surface area contributed by atoms with Crippen LogP contribution in [0, 0.1) is 22.5 Å². The number of hydrogen-bond donors (Lipinski definition) is 2. The van der Waals surface area contributed by atoms with Crippen LogP contribution in [0.15, 0.2) is 24.3 Å². The van der Waals surface area contributed by atoms with Gasteiger partial charge in [0.15, 0.2) is 0 Å². The summed E-state index contributed by atoms with van der Waals surface area (Å²) in [6.45, 7) is 0.489. The highest BCUT2D eigenvalue weighted by Gasteiger charge is 2.05. The largest absolute Gasteiger partial charge is 0.338 e. The van der Waals surface area contributed by atoms with E-state index in [0.717, 1.165) is 0 Å². The molecule has 2 N–H and O–H groups in total. The van der Waals surface area contributed by atoms with E-state index in [4.69, 9.17) is 6.42 Å². The number of nitro benzene ring substituents is 1. The highest BCUT2D eigenvalue weighted by Crippen LogP contribution is 2.14. The molecule has 0 fully saturated rings. The van der Waals surface area contributed by atoms with E-state index in [-0.39, 0.29) is 11.7 Å². The van der Waals surface area contributed by atoms with Crippen LogP contribution in [-0.4, -0.2) is 17.5 Å². The first-order valence-corrected chi connectivity index (χ1v) is 5.36. The van der Waals surface area contributed by atoms with Gasteiger partial charge < -0.3 is 10.6 Å². The van der Waals surface area contributed by atoms with Gasteiger partial charge in [-0.25, -0.2) is 4.79 Å². The second kappa shape index (κ2) is 6.91. The van der Waals surface area contributed by atoms with E-state index < -0.39 is 4.92 Å². The molecule has 6 heteroatoms. The molecule has 0 radical (unpaired) electrons. The molecule has 2 amide bonds. The Kier molecular flexibility index (Phi) is 5.19. The second-order valence-electron chi connectivity index (χ2n) is 3.49. The van der Waals surface area contributed by atoms with Crippen LogP contribution in [0.3, 0.4) is 0 Å². The van der Waals surface area contributed by atoms with E-state index >= 15 is 0 Å². The average molecular weight is 247 g/mol. The van der Waals surface area contributed by atoms with Crippen molar-refractivity contribution in [3.63, 3.8) is 0 Å². The molecule has 0 saturated heterocycles. The molecule has 1 aromatic carbocycles. The molecule has 0 aliphatic carbocycles. The molecule has 0 bridgehead atoms. The summed E-state index contributed by atoms with van der Waals surface area (Å²) in [5.41, 5.74) is 0.477. The highest BCUT2D eigenvalue weighted by molar-refractivity contribution is 5.89. The summed E-state index contributed by atoms with van der Waals surface area (Å²) in [6.07, 6.45) is 6.40. The molecule has 0 aromatic heterocycles. The first-order chi connectivity index (χ1) is 8.63. The van der Waals surface area contributed by atoms with E-state index in [1.165, 1.54) is 24.3 Å². The van der Waals surface area contributed by atoms with Gasteiger partial charge in [0.05, 0.1) is 4.92 Å². The minimum absolute atomic E-state index is 0.0185. The monoisotopic (exact) mass is 247 g/mol. The fraction of sp³-hybridized carbons (Fsp3) is 0.250. The number of nitrogens with zero attached hydrogens (tertiary/aromatic N) is 1. The van der Waals surface area contributed by atoms with E-state index in [0.29, 0.717) is 25.1 Å². The van der Waals surface area contributed by atoms with Gasteiger partial charge in [0, 0.05) is 30.8 Å². The minimum Gasteiger partial charge on any atom is -0.338 e. The topological polar surface area (TPSA) is 84.3 Å². The number of non-ortho nitro benzene ring substituents is 1. The lowest BCUT2D eigenvalue weighted by Gasteiger charge is -2.06. The molecule has 0 saturated carbocycles. The van der Waals surface area contributed by atoms with Gasteiger partial charge in [-0.05, 0) is 18.6 Å². The Labute approximate surface area is 105 Å². The van der Waals surface area contributed by atoms with Gasteiger partial charge in [-0.15, -0.1) is 12.3 Å². The highest BCUT2D eigenvalue weighted by atomic mass is 16.6. The van der Waals surface area contributed by atoms with Gasteiger partial charge in [0.25, 0.3) is 5.69 Å². The van der Waals surface area contributed by atoms with Crippen LogP contribution >= 0.6 is 0 Å². The second-order valence-corrected chi connectivity index (χ2v) is 3.49. The zero-order chi connectivity index (χ0) is 13.4. The number of terminal acetylenes is 1. The quantitative estimate of drug-likeness (QED) is 0.362. The van der Waals surface area contributed by atoms with Gasteiger partial charge in [-0.3, -0.25) is 10.1 Å². The van der Waals surface area contributed by atoms with Crippen LogP contribution in [0.5, 0.6) is 0 Å². The Morgan fingerprint density at radius 2 is 2.06 bits per heavy atom. The zero-order valence-corrected chi connectivity index (χ0v) is 9.68. The van der Waals surface area contributed by atoms with Gasteiger partial charge in [0.2, 0.25) is 0 Å². The molecular formula is C12H13N3O3. The lowest BCUT2D eigenvalue weighted by atomic mass is 10.3. The number of urea groups is 1. The Morgan fingerprint density at radius 3 is 2.61 bits per heavy atom. The molecule has 1 rings (SSSR count). The Bertz CT molecular complexity index is 462. The number of hydrogen-bond acceptors (Lipinski definition) is 3. The molecule has 18 heavy (non-hydrogen) atoms. The van der Waals surface area contributed by atoms with Crippen LogP contribution in [-0.2, 0) is 0 Å². The van der Waals surface area contributed by atoms with Crippen LogP contribution < -0.4 is 10.6 Å². The number of carbonyl (C=O) groups is 1. The molecule has 0 unspecified atom stereocenters. The van der Waals surface area contributed by atoms with Crippen molar-refractivity contribution in [2.45, 2.75) is 12.8 Å². The maximum absolute atomic E-state index is 11.4. The molecular weight excluding hydrogens is 234 g/mol. The molecule has 6 nitrogen and oxygen atoms in total. The molecule has 0 atom stereocenters. The molecule has 1 aromatic rings. The molecule has 94 valence electrons. The van der Waals surface area contributed by atoms with Gasteiger partial charge in [0.1, 0.15) is 0 Å². The minimum atomic E-state index is -0.496. The predicted octanol–water partition coefficient (Wildman–Crippen LogP) is 2.13. The maximum Gasteiger partial charge on any atom is 0.319 e. The summed E-state index contributed by atoms with van der Waals surface area (Å²) >= 11 is 0. The van der Waals surface area contributed by atoms with Crippen molar-refractivity contribution in [2.24, 2.45) is 0 Å². The average Bonchev–Trinajstić information content (AvgIpc) is 2.35. The normalized spacial score (nSPS) is 9.28. The molecule has 0 aliphatic rings. The van der Waals surface area contributed by atoms with E-state index in [1.807, 2.05) is 0 Å². The third kappa shape index (κ3) is 4.53. The van der Waals surface area contributed by atoms with E-state index in [1.54, 1.807) is 0 Å². The van der Waals surface area contributed by atoms with Crippen molar-refractivity contribution < 1.29 is 9.72 Å². The fourth-order valence-corrected chi connectivity index (χ4v) is 1.23. The Balaban J connectivity index is 2.40. The van der Waals surface area contributed by atoms with E-state index in [9.17, 15) is 14.9 Å². The summed E-state index contributed by atoms with van der Waals surface area (Å²) in [6, 6.07) is 5.24. The number of nitro groups is 1. The summed E-state index contributed by atoms with van der Waals surface area (Å²) in [7, 11) is 0. The van der Waals surface area contributed by atoms with Crippen LogP contribution in [0.2, 0.25) is 0 Å². The predicted molar refractivity (Wildman–Crippen MR) is 68.2 cm³/mol. The number of amides is 2. The number of unbranched alkanes of at least 4 members (excludes halogenated alkanes) is 1. The number of rotatable bonds is 5. The third-order valence-corrected chi connectivity index (χ3v) is 2.12. The van der Waals surface area contributed by atoms with Crippen molar-refractivity contribution in [3.8, 4) is 12.3 Å². The maximum atomic E-state index is 11.4. The number of carbonyl (C=O) groups excluding carboxylic acids is 1. The van der Waals surface area contributed by atoms with Crippen molar-refractivity contribution in [2.75, 3.05) is 11.9 Å². The SMILES string of the molecule is C#CCCCNC(=O)Nc1ccc([N+](=O)[O-])cc1. The van der Waals surface area contributed by atoms with Crippen LogP contribution in [0.1, 0.15) is 12.8 Å². The van der Waals surface area contributed by atoms with Gasteiger partial charge in [-0.1, -0.05) is 0 Å². The van der Waals surface area contributed by atoms with Gasteiger partial charge in [-0.2, -0.15) is 0 Å². The Hall–Kier alpha value is -2.55. The standard InChI is InChI=1S/C12H13N3O3/c1-2-3-4-9-13-12(16)14-10-5-7-11(8-6-10)15(17)18/h1,5-8H,3-4,9H2,(H2,13,14,16). The number of nitrogens with one attached hydrogen (secondary N) is 2. The van der Waals surface area contributed by atoms with Crippen molar-refractivity contribution >= 4 is 17.4 Å². The summed E-state index contributed by atoms with van der Waals surface area (Å²) in [4.78, 5) is 21.3. The Morgan fingerprint density at radius 1 is 1.39 bits per heavy atom. The smallest absolute Gasteiger partial charge is 0.319 e. The zero-order valence-electron chi connectivity index (χ0n) is 9.68. The lowest BCUT2D eigenvalue weighted by Crippen LogP contribution is -2.29. The molecule has 0 heterocycles. The first-order valence-electron chi connectivity index (χ1n) is 5.36. The van der Waals surface area contributed by atoms with Crippen LogP contribution in [0.25, 0.3) is 0 Å². The summed E-state index contributed by atoms with van der Waals surface area (Å²) in [5.74, 6) is 2.47. The van der Waals surface area contributed by atoms with Crippen molar-refractivity contribution in [1.82, 2.24) is 5.32 Å². The fourth-order valence-electron chi connectivity index (χ4n) is 1.23. The number of anilines is 1. The number of benzene rings is 1. The van der Waals surface area contributed by atoms with Crippen LogP contribution in [0.4, 0.5) is 16.2 Å². The van der Waals surface area contributed by atoms with Gasteiger partial charge >= 0.3 is 6.03 Å². The summed E-state index contributed by atoms with van der Waals surface area (Å²) < 4.78 is 0. The van der Waals surface area contributed by atoms with Crippen molar-refractivity contribution in [3.05, 3.63) is 34.4 Å². The summed E-state index contributed by atoms with van der Waals surface area (Å²) in [5, 5.41) is 15.6. The molecule has 0 spiro atoms. The van der Waals surface area contributed by atoms with E-state index in [2.05, 4.69) is 16.6 Å². The molecule has 0 aliphatic heterocycles. The lowest BCUT2D eigenvalue weighted by molar-refractivity contribution is -0.384. The van der Waals surface area contributed by atoms with Crippen molar-refractivity contribution in [1.29, 1.82) is 0 Å². The first kappa shape index (κ1) is 13.5. The third-order valence-electron chi connectivity index (χ3n) is 2.12.